The standard InChI is InChI=1S/C19H23F3O5/c1-4-11(5-2)10-26-18(19(20,21)22)16(17(24)25)13(6-3)14-8-7-12(23)9-15(14)27-18/h7-9,11,23H,4-6,10H2,1-3H3,(H,24,25)/p-1. The van der Waals surface area contributed by atoms with E-state index < -0.39 is 29.3 Å². The Bertz CT molecular complexity index is 737. The van der Waals surface area contributed by atoms with Crippen molar-refractivity contribution < 1.29 is 37.7 Å². The first-order valence-electron chi connectivity index (χ1n) is 8.79. The molecule has 0 amide bonds. The summed E-state index contributed by atoms with van der Waals surface area (Å²) in [6.45, 7) is 4.83. The molecule has 0 aliphatic carbocycles. The molecule has 8 heteroatoms. The van der Waals surface area contributed by atoms with Crippen LogP contribution in [0.3, 0.4) is 0 Å². The van der Waals surface area contributed by atoms with Crippen molar-refractivity contribution >= 4 is 11.5 Å². The first-order valence-corrected chi connectivity index (χ1v) is 8.79. The molecule has 0 fully saturated rings. The molecular weight excluding hydrogens is 365 g/mol. The molecule has 0 saturated carbocycles. The second-order valence-electron chi connectivity index (χ2n) is 6.38. The number of carboxylic acids is 1. The Morgan fingerprint density at radius 1 is 1.30 bits per heavy atom. The Balaban J connectivity index is 2.71. The molecule has 150 valence electrons. The van der Waals surface area contributed by atoms with Gasteiger partial charge in [0.05, 0.1) is 6.61 Å². The molecule has 5 nitrogen and oxygen atoms in total. The summed E-state index contributed by atoms with van der Waals surface area (Å²) in [5.41, 5.74) is -0.902. The molecule has 1 unspecified atom stereocenters. The van der Waals surface area contributed by atoms with Crippen LogP contribution in [0.15, 0.2) is 23.8 Å². The lowest BCUT2D eigenvalue weighted by molar-refractivity contribution is -0.337. The Kier molecular flexibility index (Phi) is 6.09. The van der Waals surface area contributed by atoms with Gasteiger partial charge in [0.1, 0.15) is 11.3 Å². The number of carboxylic acid groups (broad SMARTS) is 1. The van der Waals surface area contributed by atoms with Crippen LogP contribution in [-0.2, 0) is 9.53 Å². The van der Waals surface area contributed by atoms with E-state index in [0.29, 0.717) is 12.8 Å². The maximum Gasteiger partial charge on any atom is 0.460 e. The summed E-state index contributed by atoms with van der Waals surface area (Å²) in [5, 5.41) is 21.3. The van der Waals surface area contributed by atoms with Gasteiger partial charge >= 0.3 is 17.9 Å². The highest BCUT2D eigenvalue weighted by molar-refractivity contribution is 6.00. The molecule has 0 bridgehead atoms. The van der Waals surface area contributed by atoms with Crippen molar-refractivity contribution in [2.45, 2.75) is 52.0 Å². The minimum atomic E-state index is -5.16. The van der Waals surface area contributed by atoms with Crippen molar-refractivity contribution in [3.05, 3.63) is 29.3 Å². The van der Waals surface area contributed by atoms with Gasteiger partial charge in [-0.05, 0) is 24.0 Å². The average molecular weight is 387 g/mol. The summed E-state index contributed by atoms with van der Waals surface area (Å²) < 4.78 is 52.7. The minimum Gasteiger partial charge on any atom is -0.872 e. The molecule has 0 aromatic heterocycles. The van der Waals surface area contributed by atoms with Crippen LogP contribution in [0, 0.1) is 5.92 Å². The van der Waals surface area contributed by atoms with Crippen LogP contribution < -0.4 is 9.84 Å². The average Bonchev–Trinajstić information content (AvgIpc) is 2.59. The summed E-state index contributed by atoms with van der Waals surface area (Å²) in [5.74, 6) is -6.30. The number of aliphatic carboxylic acids is 1. The van der Waals surface area contributed by atoms with Crippen molar-refractivity contribution in [3.63, 3.8) is 0 Å². The van der Waals surface area contributed by atoms with Crippen molar-refractivity contribution in [2.24, 2.45) is 5.92 Å². The first kappa shape index (κ1) is 21.1. The summed E-state index contributed by atoms with van der Waals surface area (Å²) in [7, 11) is 0. The summed E-state index contributed by atoms with van der Waals surface area (Å²) in [4.78, 5) is 11.9. The van der Waals surface area contributed by atoms with Gasteiger partial charge in [-0.3, -0.25) is 0 Å². The summed E-state index contributed by atoms with van der Waals surface area (Å²) >= 11 is 0. The zero-order chi connectivity index (χ0) is 20.4. The van der Waals surface area contributed by atoms with E-state index in [4.69, 9.17) is 9.47 Å². The Hall–Kier alpha value is -2.22. The van der Waals surface area contributed by atoms with Gasteiger partial charge in [-0.25, -0.2) is 4.79 Å². The lowest BCUT2D eigenvalue weighted by atomic mass is 9.88. The normalized spacial score (nSPS) is 19.8. The SMILES string of the molecule is CCC1=C(C(=O)O)C(OCC(CC)CC)(C(F)(F)F)Oc2cc([O-])ccc21. The van der Waals surface area contributed by atoms with E-state index >= 15 is 0 Å². The summed E-state index contributed by atoms with van der Waals surface area (Å²) in [6, 6.07) is 3.36. The van der Waals surface area contributed by atoms with E-state index in [0.717, 1.165) is 12.1 Å². The molecule has 1 aromatic carbocycles. The molecule has 1 heterocycles. The maximum atomic E-state index is 14.1. The lowest BCUT2D eigenvalue weighted by Gasteiger charge is -2.41. The number of carbonyl (C=O) groups is 1. The predicted molar refractivity (Wildman–Crippen MR) is 90.2 cm³/mol. The number of allylic oxidation sites excluding steroid dienone is 1. The molecule has 1 aliphatic heterocycles. The fraction of sp³-hybridized carbons (Fsp3) is 0.526. The third kappa shape index (κ3) is 3.76. The van der Waals surface area contributed by atoms with Crippen molar-refractivity contribution in [1.82, 2.24) is 0 Å². The van der Waals surface area contributed by atoms with Gasteiger partial charge < -0.3 is 19.7 Å². The molecular formula is C19H22F3O5-. The molecule has 0 saturated heterocycles. The van der Waals surface area contributed by atoms with Crippen LogP contribution >= 0.6 is 0 Å². The Morgan fingerprint density at radius 3 is 2.41 bits per heavy atom. The van der Waals surface area contributed by atoms with Crippen LogP contribution in [-0.4, -0.2) is 29.6 Å². The van der Waals surface area contributed by atoms with E-state index in [2.05, 4.69) is 0 Å². The van der Waals surface area contributed by atoms with Crippen LogP contribution in [0.1, 0.15) is 45.6 Å². The fourth-order valence-electron chi connectivity index (χ4n) is 3.16. The maximum absolute atomic E-state index is 14.1. The van der Waals surface area contributed by atoms with Crippen LogP contribution in [0.25, 0.3) is 5.57 Å². The molecule has 27 heavy (non-hydrogen) atoms. The van der Waals surface area contributed by atoms with Gasteiger partial charge in [0.15, 0.2) is 0 Å². The molecule has 1 aliphatic rings. The number of rotatable bonds is 7. The second kappa shape index (κ2) is 7.80. The van der Waals surface area contributed by atoms with E-state index in [1.165, 1.54) is 6.07 Å². The predicted octanol–water partition coefficient (Wildman–Crippen LogP) is 4.11. The number of alkyl halides is 3. The highest BCUT2D eigenvalue weighted by Gasteiger charge is 2.66. The van der Waals surface area contributed by atoms with Crippen molar-refractivity contribution in [2.75, 3.05) is 6.61 Å². The zero-order valence-electron chi connectivity index (χ0n) is 15.4. The highest BCUT2D eigenvalue weighted by atomic mass is 19.4. The summed E-state index contributed by atoms with van der Waals surface area (Å²) in [6.07, 6.45) is -4.02. The second-order valence-corrected chi connectivity index (χ2v) is 6.38. The van der Waals surface area contributed by atoms with E-state index in [1.807, 2.05) is 13.8 Å². The van der Waals surface area contributed by atoms with Crippen molar-refractivity contribution in [3.8, 4) is 11.5 Å². The first-order chi connectivity index (χ1) is 12.6. The smallest absolute Gasteiger partial charge is 0.460 e. The number of fused-ring (bicyclic) bond motifs is 1. The van der Waals surface area contributed by atoms with Gasteiger partial charge in [-0.15, -0.1) is 5.75 Å². The van der Waals surface area contributed by atoms with Gasteiger partial charge in [0.2, 0.25) is 0 Å². The number of hydrogen-bond donors (Lipinski definition) is 1. The topological polar surface area (TPSA) is 78.8 Å². The number of benzene rings is 1. The van der Waals surface area contributed by atoms with Gasteiger partial charge in [-0.2, -0.15) is 13.2 Å². The van der Waals surface area contributed by atoms with E-state index in [-0.39, 0.29) is 35.8 Å². The van der Waals surface area contributed by atoms with E-state index in [1.54, 1.807) is 6.92 Å². The Labute approximate surface area is 155 Å². The number of hydrogen-bond acceptors (Lipinski definition) is 4. The molecule has 1 aromatic rings. The van der Waals surface area contributed by atoms with Crippen LogP contribution in [0.5, 0.6) is 11.5 Å². The largest absolute Gasteiger partial charge is 0.872 e. The minimum absolute atomic E-state index is 0.00235. The fourth-order valence-corrected chi connectivity index (χ4v) is 3.16. The zero-order valence-corrected chi connectivity index (χ0v) is 15.4. The molecule has 2 rings (SSSR count). The number of halogens is 3. The quantitative estimate of drug-likeness (QED) is 0.762. The molecule has 0 radical (unpaired) electrons. The van der Waals surface area contributed by atoms with E-state index in [9.17, 15) is 28.2 Å². The molecule has 1 atom stereocenters. The van der Waals surface area contributed by atoms with Crippen LogP contribution in [0.4, 0.5) is 13.2 Å². The highest BCUT2D eigenvalue weighted by Crippen LogP contribution is 2.50. The lowest BCUT2D eigenvalue weighted by Crippen LogP contribution is -2.58. The third-order valence-corrected chi connectivity index (χ3v) is 4.78. The van der Waals surface area contributed by atoms with Gasteiger partial charge in [0.25, 0.3) is 0 Å². The van der Waals surface area contributed by atoms with Gasteiger partial charge in [-0.1, -0.05) is 45.7 Å². The van der Waals surface area contributed by atoms with Gasteiger partial charge in [0, 0.05) is 5.56 Å². The monoisotopic (exact) mass is 387 g/mol. The third-order valence-electron chi connectivity index (χ3n) is 4.78. The molecule has 0 spiro atoms. The molecule has 1 N–H and O–H groups in total. The number of ether oxygens (including phenoxy) is 2. The van der Waals surface area contributed by atoms with Crippen LogP contribution in [0.2, 0.25) is 0 Å². The van der Waals surface area contributed by atoms with Crippen molar-refractivity contribution in [1.29, 1.82) is 0 Å². The Morgan fingerprint density at radius 2 is 1.93 bits per heavy atom.